The Hall–Kier alpha value is -1.39. The lowest BCUT2D eigenvalue weighted by Crippen LogP contribution is -2.54. The van der Waals surface area contributed by atoms with Crippen LogP contribution in [0.15, 0.2) is 35.5 Å². The number of piperazine rings is 1. The molecule has 0 radical (unpaired) electrons. The van der Waals surface area contributed by atoms with Crippen LogP contribution in [-0.2, 0) is 17.9 Å². The van der Waals surface area contributed by atoms with Crippen LogP contribution in [-0.4, -0.2) is 53.3 Å². The van der Waals surface area contributed by atoms with Crippen LogP contribution >= 0.6 is 46.9 Å². The van der Waals surface area contributed by atoms with Crippen LogP contribution in [0.2, 0.25) is 5.02 Å². The fourth-order valence-electron chi connectivity index (χ4n) is 2.85. The predicted octanol–water partition coefficient (Wildman–Crippen LogP) is 3.14. The van der Waals surface area contributed by atoms with E-state index in [1.54, 1.807) is 18.4 Å². The minimum atomic E-state index is 0. The van der Waals surface area contributed by atoms with E-state index in [1.165, 1.54) is 0 Å². The fourth-order valence-corrected chi connectivity index (χ4v) is 3.71. The molecule has 1 amide bonds. The molecule has 146 valence electrons. The van der Waals surface area contributed by atoms with Gasteiger partial charge in [0.25, 0.3) is 0 Å². The summed E-state index contributed by atoms with van der Waals surface area (Å²) < 4.78 is 0. The summed E-state index contributed by atoms with van der Waals surface area (Å²) in [5, 5.41) is 5.07. The zero-order valence-corrected chi connectivity index (χ0v) is 19.2. The van der Waals surface area contributed by atoms with Gasteiger partial charge in [0.2, 0.25) is 5.91 Å². The van der Waals surface area contributed by atoms with Crippen molar-refractivity contribution in [3.05, 3.63) is 50.9 Å². The van der Waals surface area contributed by atoms with Gasteiger partial charge in [-0.3, -0.25) is 9.79 Å². The molecule has 1 aliphatic rings. The number of hydrogen-bond donors (Lipinski definition) is 1. The summed E-state index contributed by atoms with van der Waals surface area (Å²) in [5.74, 6) is 0.846. The minimum Gasteiger partial charge on any atom is -0.351 e. The smallest absolute Gasteiger partial charge is 0.242 e. The first-order chi connectivity index (χ1) is 12.5. The van der Waals surface area contributed by atoms with Crippen LogP contribution in [0, 0.1) is 6.92 Å². The molecular weight excluding hydrogens is 497 g/mol. The van der Waals surface area contributed by atoms with Gasteiger partial charge in [0.1, 0.15) is 0 Å². The highest BCUT2D eigenvalue weighted by Gasteiger charge is 2.26. The number of nitrogens with zero attached hydrogens (tertiary/aromatic N) is 4. The van der Waals surface area contributed by atoms with Gasteiger partial charge in [0, 0.05) is 42.8 Å². The summed E-state index contributed by atoms with van der Waals surface area (Å²) in [5.41, 5.74) is 1.08. The highest BCUT2D eigenvalue weighted by atomic mass is 127. The number of carbonyl (C=O) groups is 1. The van der Waals surface area contributed by atoms with Crippen LogP contribution in [0.4, 0.5) is 0 Å². The SMILES string of the molecule is CN=C(NCc1cnc(C)s1)N1CCN(Cc2ccc(Cl)cc2)C(=O)C1.I. The molecule has 2 aromatic rings. The van der Waals surface area contributed by atoms with Crippen LogP contribution in [0.1, 0.15) is 15.4 Å². The molecule has 1 aliphatic heterocycles. The second-order valence-corrected chi connectivity index (χ2v) is 7.87. The van der Waals surface area contributed by atoms with E-state index in [-0.39, 0.29) is 29.9 Å². The molecule has 0 bridgehead atoms. The van der Waals surface area contributed by atoms with E-state index >= 15 is 0 Å². The van der Waals surface area contributed by atoms with Crippen molar-refractivity contribution in [2.75, 3.05) is 26.7 Å². The van der Waals surface area contributed by atoms with Gasteiger partial charge in [-0.25, -0.2) is 4.98 Å². The summed E-state index contributed by atoms with van der Waals surface area (Å²) in [6.07, 6.45) is 1.87. The quantitative estimate of drug-likeness (QED) is 0.383. The number of carbonyl (C=O) groups excluding carboxylic acids is 1. The van der Waals surface area contributed by atoms with Gasteiger partial charge in [-0.15, -0.1) is 35.3 Å². The third-order valence-corrected chi connectivity index (χ3v) is 5.37. The number of aliphatic imine (C=N–C) groups is 1. The molecule has 1 saturated heterocycles. The third-order valence-electron chi connectivity index (χ3n) is 4.21. The molecule has 0 spiro atoms. The van der Waals surface area contributed by atoms with E-state index in [1.807, 2.05) is 47.2 Å². The van der Waals surface area contributed by atoms with Crippen LogP contribution < -0.4 is 5.32 Å². The average molecular weight is 520 g/mol. The van der Waals surface area contributed by atoms with Crippen molar-refractivity contribution >= 4 is 58.8 Å². The minimum absolute atomic E-state index is 0. The average Bonchev–Trinajstić information content (AvgIpc) is 3.05. The monoisotopic (exact) mass is 519 g/mol. The highest BCUT2D eigenvalue weighted by Crippen LogP contribution is 2.14. The summed E-state index contributed by atoms with van der Waals surface area (Å²) >= 11 is 7.58. The molecule has 0 atom stereocenters. The van der Waals surface area contributed by atoms with E-state index < -0.39 is 0 Å². The zero-order chi connectivity index (χ0) is 18.5. The van der Waals surface area contributed by atoms with Gasteiger partial charge in [-0.1, -0.05) is 23.7 Å². The van der Waals surface area contributed by atoms with Crippen LogP contribution in [0.5, 0.6) is 0 Å². The summed E-state index contributed by atoms with van der Waals surface area (Å²) in [4.78, 5) is 26.1. The first kappa shape index (κ1) is 21.9. The number of thiazole rings is 1. The number of aromatic nitrogens is 1. The number of benzene rings is 1. The number of rotatable bonds is 4. The number of guanidine groups is 1. The largest absolute Gasteiger partial charge is 0.351 e. The molecule has 0 aliphatic carbocycles. The third kappa shape index (κ3) is 6.05. The van der Waals surface area contributed by atoms with E-state index in [9.17, 15) is 4.79 Å². The van der Waals surface area contributed by atoms with Gasteiger partial charge in [0.05, 0.1) is 18.1 Å². The Morgan fingerprint density at radius 2 is 2.07 bits per heavy atom. The molecule has 27 heavy (non-hydrogen) atoms. The number of amides is 1. The van der Waals surface area contributed by atoms with Gasteiger partial charge in [-0.2, -0.15) is 0 Å². The highest BCUT2D eigenvalue weighted by molar-refractivity contribution is 14.0. The van der Waals surface area contributed by atoms with Crippen LogP contribution in [0.3, 0.4) is 0 Å². The lowest BCUT2D eigenvalue weighted by atomic mass is 10.2. The van der Waals surface area contributed by atoms with Crippen molar-refractivity contribution in [1.82, 2.24) is 20.1 Å². The maximum atomic E-state index is 12.5. The summed E-state index contributed by atoms with van der Waals surface area (Å²) in [7, 11) is 1.74. The molecule has 3 rings (SSSR count). The van der Waals surface area contributed by atoms with Crippen molar-refractivity contribution in [2.45, 2.75) is 20.0 Å². The van der Waals surface area contributed by atoms with Crippen molar-refractivity contribution in [2.24, 2.45) is 4.99 Å². The zero-order valence-electron chi connectivity index (χ0n) is 15.3. The first-order valence-corrected chi connectivity index (χ1v) is 9.63. The molecule has 1 fully saturated rings. The standard InChI is InChI=1S/C18H22ClN5OS.HI/c1-13-21-9-16(26-13)10-22-18(20-2)24-8-7-23(17(25)12-24)11-14-3-5-15(19)6-4-14;/h3-6,9H,7-8,10-12H2,1-2H3,(H,20,22);1H. The maximum absolute atomic E-state index is 12.5. The Balaban J connectivity index is 0.00000261. The lowest BCUT2D eigenvalue weighted by Gasteiger charge is -2.36. The Morgan fingerprint density at radius 1 is 1.33 bits per heavy atom. The van der Waals surface area contributed by atoms with Crippen molar-refractivity contribution < 1.29 is 4.79 Å². The maximum Gasteiger partial charge on any atom is 0.242 e. The summed E-state index contributed by atoms with van der Waals surface area (Å²) in [6, 6.07) is 7.62. The topological polar surface area (TPSA) is 60.8 Å². The van der Waals surface area contributed by atoms with Gasteiger partial charge in [-0.05, 0) is 24.6 Å². The number of hydrogen-bond acceptors (Lipinski definition) is 4. The molecule has 0 saturated carbocycles. The van der Waals surface area contributed by atoms with Crippen molar-refractivity contribution in [3.63, 3.8) is 0 Å². The van der Waals surface area contributed by atoms with E-state index in [0.717, 1.165) is 28.0 Å². The molecule has 2 heterocycles. The van der Waals surface area contributed by atoms with Gasteiger partial charge in [0.15, 0.2) is 5.96 Å². The van der Waals surface area contributed by atoms with Crippen LogP contribution in [0.25, 0.3) is 0 Å². The Labute approximate surface area is 185 Å². The molecule has 1 N–H and O–H groups in total. The van der Waals surface area contributed by atoms with Gasteiger partial charge >= 0.3 is 0 Å². The van der Waals surface area contributed by atoms with Crippen molar-refractivity contribution in [3.8, 4) is 0 Å². The molecule has 0 unspecified atom stereocenters. The predicted molar refractivity (Wildman–Crippen MR) is 121 cm³/mol. The Kier molecular flexibility index (Phi) is 8.30. The number of nitrogens with one attached hydrogen (secondary N) is 1. The molecule has 9 heteroatoms. The second-order valence-electron chi connectivity index (χ2n) is 6.11. The first-order valence-electron chi connectivity index (χ1n) is 8.44. The van der Waals surface area contributed by atoms with E-state index in [2.05, 4.69) is 15.3 Å². The summed E-state index contributed by atoms with van der Waals surface area (Å²) in [6.45, 7) is 5.01. The second kappa shape index (κ2) is 10.2. The molecule has 1 aromatic heterocycles. The molecular formula is C18H23ClIN5OS. The Morgan fingerprint density at radius 3 is 2.67 bits per heavy atom. The Bertz CT molecular complexity index is 795. The fraction of sp³-hybridized carbons (Fsp3) is 0.389. The molecule has 1 aromatic carbocycles. The van der Waals surface area contributed by atoms with Gasteiger partial charge < -0.3 is 15.1 Å². The van der Waals surface area contributed by atoms with E-state index in [0.29, 0.717) is 31.2 Å². The number of aryl methyl sites for hydroxylation is 1. The lowest BCUT2D eigenvalue weighted by molar-refractivity contribution is -0.135. The number of halogens is 2. The van der Waals surface area contributed by atoms with E-state index in [4.69, 9.17) is 11.6 Å². The normalized spacial score (nSPS) is 14.9. The van der Waals surface area contributed by atoms with Crippen molar-refractivity contribution in [1.29, 1.82) is 0 Å². The molecule has 6 nitrogen and oxygen atoms in total.